The van der Waals surface area contributed by atoms with Crippen LogP contribution in [0.4, 0.5) is 18.9 Å². The van der Waals surface area contributed by atoms with Gasteiger partial charge in [-0.1, -0.05) is 30.7 Å². The molecule has 1 atom stereocenters. The third-order valence-electron chi connectivity index (χ3n) is 3.54. The number of para-hydroxylation sites is 2. The van der Waals surface area contributed by atoms with Crippen LogP contribution in [0.5, 0.6) is 11.5 Å². The minimum atomic E-state index is -4.62. The van der Waals surface area contributed by atoms with Gasteiger partial charge in [-0.3, -0.25) is 4.79 Å². The first-order valence-corrected chi connectivity index (χ1v) is 8.11. The number of carbonyl (C=O) groups excluding carboxylic acids is 1. The highest BCUT2D eigenvalue weighted by atomic mass is 35.5. The number of benzene rings is 2. The zero-order valence-corrected chi connectivity index (χ0v) is 14.8. The highest BCUT2D eigenvalue weighted by Gasteiger charge is 2.33. The molecular weight excluding hydrogens is 371 g/mol. The number of amides is 1. The third-order valence-corrected chi connectivity index (χ3v) is 3.87. The van der Waals surface area contributed by atoms with Gasteiger partial charge in [-0.25, -0.2) is 0 Å². The van der Waals surface area contributed by atoms with E-state index in [1.807, 2.05) is 0 Å². The Hall–Kier alpha value is -2.41. The van der Waals surface area contributed by atoms with Gasteiger partial charge in [0.25, 0.3) is 5.91 Å². The van der Waals surface area contributed by atoms with E-state index in [0.717, 1.165) is 12.1 Å². The molecule has 2 rings (SSSR count). The van der Waals surface area contributed by atoms with Gasteiger partial charge in [0, 0.05) is 5.69 Å². The molecule has 0 aromatic heterocycles. The zero-order valence-electron chi connectivity index (χ0n) is 14.1. The van der Waals surface area contributed by atoms with Crippen LogP contribution in [0.25, 0.3) is 0 Å². The standard InChI is InChI=1S/C18H17ClF3NO3/c1-3-14(26-16-7-5-4-6-15(16)25-2)17(24)23-11-8-9-13(19)12(10-11)18(20,21)22/h4-10,14H,3H2,1-2H3,(H,23,24)/t14-/m0/s1. The SMILES string of the molecule is CC[C@H](Oc1ccccc1OC)C(=O)Nc1ccc(Cl)c(C(F)(F)F)c1. The van der Waals surface area contributed by atoms with Crippen molar-refractivity contribution in [2.75, 3.05) is 12.4 Å². The molecule has 0 heterocycles. The Morgan fingerprint density at radius 2 is 1.85 bits per heavy atom. The number of nitrogens with one attached hydrogen (secondary N) is 1. The van der Waals surface area contributed by atoms with E-state index < -0.39 is 28.8 Å². The number of carbonyl (C=O) groups is 1. The summed E-state index contributed by atoms with van der Waals surface area (Å²) in [5.41, 5.74) is -1.04. The number of hydrogen-bond acceptors (Lipinski definition) is 3. The summed E-state index contributed by atoms with van der Waals surface area (Å²) in [6.07, 6.45) is -5.21. The van der Waals surface area contributed by atoms with E-state index in [1.54, 1.807) is 31.2 Å². The van der Waals surface area contributed by atoms with E-state index in [0.29, 0.717) is 17.9 Å². The molecule has 26 heavy (non-hydrogen) atoms. The summed E-state index contributed by atoms with van der Waals surface area (Å²) in [7, 11) is 1.47. The van der Waals surface area contributed by atoms with E-state index in [1.165, 1.54) is 13.2 Å². The first kappa shape index (κ1) is 19.9. The molecule has 0 bridgehead atoms. The van der Waals surface area contributed by atoms with Gasteiger partial charge in [-0.15, -0.1) is 0 Å². The predicted octanol–water partition coefficient (Wildman–Crippen LogP) is 5.16. The lowest BCUT2D eigenvalue weighted by Crippen LogP contribution is -2.32. The average Bonchev–Trinajstić information content (AvgIpc) is 2.60. The number of halogens is 4. The number of methoxy groups -OCH3 is 1. The molecule has 0 saturated heterocycles. The monoisotopic (exact) mass is 387 g/mol. The van der Waals surface area contributed by atoms with Crippen molar-refractivity contribution < 1.29 is 27.4 Å². The number of rotatable bonds is 6. The topological polar surface area (TPSA) is 47.6 Å². The highest BCUT2D eigenvalue weighted by Crippen LogP contribution is 2.36. The maximum atomic E-state index is 12.9. The number of hydrogen-bond donors (Lipinski definition) is 1. The number of anilines is 1. The Labute approximate surface area is 153 Å². The van der Waals surface area contributed by atoms with Crippen LogP contribution >= 0.6 is 11.6 Å². The van der Waals surface area contributed by atoms with Crippen LogP contribution in [-0.4, -0.2) is 19.1 Å². The summed E-state index contributed by atoms with van der Waals surface area (Å²) in [6, 6.07) is 9.95. The molecule has 8 heteroatoms. The van der Waals surface area contributed by atoms with Crippen LogP contribution in [0.2, 0.25) is 5.02 Å². The van der Waals surface area contributed by atoms with Gasteiger partial charge < -0.3 is 14.8 Å². The molecule has 4 nitrogen and oxygen atoms in total. The molecule has 1 N–H and O–H groups in total. The lowest BCUT2D eigenvalue weighted by atomic mass is 10.1. The van der Waals surface area contributed by atoms with Gasteiger partial charge in [-0.2, -0.15) is 13.2 Å². The van der Waals surface area contributed by atoms with Crippen LogP contribution in [0.3, 0.4) is 0 Å². The summed E-state index contributed by atoms with van der Waals surface area (Å²) >= 11 is 5.58. The maximum absolute atomic E-state index is 12.9. The summed E-state index contributed by atoms with van der Waals surface area (Å²) in [4.78, 5) is 12.4. The maximum Gasteiger partial charge on any atom is 0.417 e. The fourth-order valence-corrected chi connectivity index (χ4v) is 2.46. The largest absolute Gasteiger partial charge is 0.493 e. The van der Waals surface area contributed by atoms with Gasteiger partial charge in [0.05, 0.1) is 17.7 Å². The Morgan fingerprint density at radius 1 is 1.19 bits per heavy atom. The normalized spacial score (nSPS) is 12.4. The van der Waals surface area contributed by atoms with E-state index in [9.17, 15) is 18.0 Å². The van der Waals surface area contributed by atoms with Crippen molar-refractivity contribution in [2.45, 2.75) is 25.6 Å². The Kier molecular flexibility index (Phi) is 6.37. The second-order valence-corrected chi connectivity index (χ2v) is 5.75. The molecular formula is C18H17ClF3NO3. The molecule has 0 aliphatic rings. The minimum absolute atomic E-state index is 0.0196. The first-order chi connectivity index (χ1) is 12.3. The molecule has 0 spiro atoms. The van der Waals surface area contributed by atoms with Crippen molar-refractivity contribution >= 4 is 23.2 Å². The van der Waals surface area contributed by atoms with Gasteiger partial charge in [-0.05, 0) is 36.8 Å². The fraction of sp³-hybridized carbons (Fsp3) is 0.278. The van der Waals surface area contributed by atoms with Crippen molar-refractivity contribution in [1.82, 2.24) is 0 Å². The Bertz CT molecular complexity index is 781. The fourth-order valence-electron chi connectivity index (χ4n) is 2.23. The van der Waals surface area contributed by atoms with Crippen LogP contribution in [0.15, 0.2) is 42.5 Å². The second-order valence-electron chi connectivity index (χ2n) is 5.35. The number of alkyl halides is 3. The van der Waals surface area contributed by atoms with E-state index in [-0.39, 0.29) is 5.69 Å². The number of ether oxygens (including phenoxy) is 2. The quantitative estimate of drug-likeness (QED) is 0.744. The molecule has 0 aliphatic carbocycles. The lowest BCUT2D eigenvalue weighted by Gasteiger charge is -2.19. The molecule has 0 radical (unpaired) electrons. The summed E-state index contributed by atoms with van der Waals surface area (Å²) < 4.78 is 49.6. The third kappa shape index (κ3) is 4.82. The van der Waals surface area contributed by atoms with Crippen molar-refractivity contribution in [3.8, 4) is 11.5 Å². The molecule has 140 valence electrons. The molecule has 0 saturated carbocycles. The van der Waals surface area contributed by atoms with Crippen molar-refractivity contribution in [3.05, 3.63) is 53.1 Å². The second kappa shape index (κ2) is 8.31. The molecule has 2 aromatic carbocycles. The highest BCUT2D eigenvalue weighted by molar-refractivity contribution is 6.31. The van der Waals surface area contributed by atoms with E-state index in [2.05, 4.69) is 5.32 Å². The average molecular weight is 388 g/mol. The van der Waals surface area contributed by atoms with Gasteiger partial charge >= 0.3 is 6.18 Å². The van der Waals surface area contributed by atoms with Crippen LogP contribution in [-0.2, 0) is 11.0 Å². The van der Waals surface area contributed by atoms with E-state index >= 15 is 0 Å². The Balaban J connectivity index is 2.17. The smallest absolute Gasteiger partial charge is 0.417 e. The van der Waals surface area contributed by atoms with Crippen molar-refractivity contribution in [2.24, 2.45) is 0 Å². The van der Waals surface area contributed by atoms with Gasteiger partial charge in [0.15, 0.2) is 17.6 Å². The predicted molar refractivity (Wildman–Crippen MR) is 92.8 cm³/mol. The van der Waals surface area contributed by atoms with Crippen molar-refractivity contribution in [3.63, 3.8) is 0 Å². The zero-order chi connectivity index (χ0) is 19.3. The molecule has 1 amide bonds. The Morgan fingerprint density at radius 3 is 2.42 bits per heavy atom. The lowest BCUT2D eigenvalue weighted by molar-refractivity contribution is -0.137. The summed E-state index contributed by atoms with van der Waals surface area (Å²) in [5.74, 6) is 0.238. The molecule has 0 unspecified atom stereocenters. The van der Waals surface area contributed by atoms with Crippen LogP contribution in [0.1, 0.15) is 18.9 Å². The molecule has 2 aromatic rings. The summed E-state index contributed by atoms with van der Waals surface area (Å²) in [5, 5.41) is 1.99. The summed E-state index contributed by atoms with van der Waals surface area (Å²) in [6.45, 7) is 1.72. The van der Waals surface area contributed by atoms with Crippen molar-refractivity contribution in [1.29, 1.82) is 0 Å². The van der Waals surface area contributed by atoms with E-state index in [4.69, 9.17) is 21.1 Å². The molecule has 0 aliphatic heterocycles. The van der Waals surface area contributed by atoms with Crippen LogP contribution < -0.4 is 14.8 Å². The minimum Gasteiger partial charge on any atom is -0.493 e. The van der Waals surface area contributed by atoms with Crippen LogP contribution in [0, 0.1) is 0 Å². The molecule has 0 fully saturated rings. The first-order valence-electron chi connectivity index (χ1n) is 7.73. The van der Waals surface area contributed by atoms with Gasteiger partial charge in [0.2, 0.25) is 0 Å². The van der Waals surface area contributed by atoms with Gasteiger partial charge in [0.1, 0.15) is 0 Å².